The summed E-state index contributed by atoms with van der Waals surface area (Å²) in [6.07, 6.45) is 1.45. The number of halogens is 1. The number of hydrogen-bond acceptors (Lipinski definition) is 7. The summed E-state index contributed by atoms with van der Waals surface area (Å²) in [5.74, 6) is -0.359. The van der Waals surface area contributed by atoms with Gasteiger partial charge in [-0.3, -0.25) is 4.57 Å². The van der Waals surface area contributed by atoms with Gasteiger partial charge in [-0.05, 0) is 43.2 Å². The van der Waals surface area contributed by atoms with Crippen molar-refractivity contribution in [2.45, 2.75) is 45.4 Å². The van der Waals surface area contributed by atoms with Crippen LogP contribution in [0.2, 0.25) is 0 Å². The highest BCUT2D eigenvalue weighted by atomic mass is 32.1. The largest absolute Gasteiger partial charge is 0.441 e. The Morgan fingerprint density at radius 1 is 1.29 bits per heavy atom. The first kappa shape index (κ1) is 21.4. The van der Waals surface area contributed by atoms with Gasteiger partial charge >= 0.3 is 11.8 Å². The van der Waals surface area contributed by atoms with Crippen molar-refractivity contribution in [3.05, 3.63) is 57.0 Å². The molecule has 4 heterocycles. The van der Waals surface area contributed by atoms with Crippen molar-refractivity contribution in [1.82, 2.24) is 19.4 Å². The van der Waals surface area contributed by atoms with E-state index in [-0.39, 0.29) is 23.2 Å². The van der Waals surface area contributed by atoms with Gasteiger partial charge in [-0.2, -0.15) is 0 Å². The van der Waals surface area contributed by atoms with Gasteiger partial charge < -0.3 is 19.8 Å². The summed E-state index contributed by atoms with van der Waals surface area (Å²) in [5, 5.41) is 11.3. The van der Waals surface area contributed by atoms with Gasteiger partial charge in [0, 0.05) is 33.9 Å². The zero-order chi connectivity index (χ0) is 22.3. The van der Waals surface area contributed by atoms with E-state index >= 15 is 0 Å². The molecule has 2 aromatic heterocycles. The SMILES string of the molecule is CC1Cn2cc([N+](=O)[O-])nc2O1.CN1Cc2sc(-c3ccc(F)cc3)nc2C(C)(C)C1. The molecule has 1 aromatic carbocycles. The molecule has 0 saturated carbocycles. The van der Waals surface area contributed by atoms with Crippen LogP contribution in [0.3, 0.4) is 0 Å². The highest BCUT2D eigenvalue weighted by molar-refractivity contribution is 7.15. The van der Waals surface area contributed by atoms with E-state index in [0.717, 1.165) is 23.7 Å². The molecule has 164 valence electrons. The third-order valence-corrected chi connectivity index (χ3v) is 6.27. The molecule has 0 radical (unpaired) electrons. The van der Waals surface area contributed by atoms with Gasteiger partial charge in [-0.25, -0.2) is 9.37 Å². The average Bonchev–Trinajstić information content (AvgIpc) is 3.35. The number of likely N-dealkylation sites (N-methyl/N-ethyl adjacent to an activating group) is 1. The molecule has 0 aliphatic carbocycles. The average molecular weight is 446 g/mol. The second-order valence-corrected chi connectivity index (χ2v) is 9.66. The van der Waals surface area contributed by atoms with E-state index in [4.69, 9.17) is 9.72 Å². The minimum absolute atomic E-state index is 0.0632. The molecule has 0 N–H and O–H groups in total. The molecule has 10 heteroatoms. The molecule has 31 heavy (non-hydrogen) atoms. The van der Waals surface area contributed by atoms with Gasteiger partial charge in [0.2, 0.25) is 0 Å². The van der Waals surface area contributed by atoms with Gasteiger partial charge in [0.15, 0.2) is 0 Å². The minimum Gasteiger partial charge on any atom is -0.441 e. The monoisotopic (exact) mass is 445 g/mol. The number of thiazole rings is 1. The highest BCUT2D eigenvalue weighted by Crippen LogP contribution is 2.38. The summed E-state index contributed by atoms with van der Waals surface area (Å²) in [6.45, 7) is 8.96. The molecule has 0 spiro atoms. The number of aromatic nitrogens is 3. The van der Waals surface area contributed by atoms with E-state index in [1.807, 2.05) is 6.92 Å². The van der Waals surface area contributed by atoms with Crippen LogP contribution in [0.5, 0.6) is 6.01 Å². The van der Waals surface area contributed by atoms with Crippen molar-refractivity contribution in [1.29, 1.82) is 0 Å². The summed E-state index contributed by atoms with van der Waals surface area (Å²) in [4.78, 5) is 21.9. The van der Waals surface area contributed by atoms with Gasteiger partial charge in [0.05, 0.1) is 12.2 Å². The van der Waals surface area contributed by atoms with E-state index in [2.05, 4.69) is 30.8 Å². The Morgan fingerprint density at radius 2 is 2.00 bits per heavy atom. The molecule has 0 bridgehead atoms. The highest BCUT2D eigenvalue weighted by Gasteiger charge is 2.34. The van der Waals surface area contributed by atoms with Gasteiger partial charge in [-0.1, -0.05) is 13.8 Å². The number of nitrogens with zero attached hydrogens (tertiary/aromatic N) is 5. The number of hydrogen-bond donors (Lipinski definition) is 0. The summed E-state index contributed by atoms with van der Waals surface area (Å²) < 4.78 is 19.8. The van der Waals surface area contributed by atoms with Crippen molar-refractivity contribution in [3.63, 3.8) is 0 Å². The first-order valence-electron chi connectivity index (χ1n) is 9.95. The number of rotatable bonds is 2. The predicted molar refractivity (Wildman–Crippen MR) is 116 cm³/mol. The summed E-state index contributed by atoms with van der Waals surface area (Å²) in [7, 11) is 2.14. The normalized spacial score (nSPS) is 19.1. The van der Waals surface area contributed by atoms with E-state index in [9.17, 15) is 14.5 Å². The third kappa shape index (κ3) is 4.45. The van der Waals surface area contributed by atoms with Crippen LogP contribution in [0.25, 0.3) is 10.6 Å². The number of nitro groups is 1. The van der Waals surface area contributed by atoms with Crippen LogP contribution in [-0.4, -0.2) is 44.1 Å². The molecule has 1 unspecified atom stereocenters. The Morgan fingerprint density at radius 3 is 2.65 bits per heavy atom. The van der Waals surface area contributed by atoms with Crippen molar-refractivity contribution in [2.75, 3.05) is 13.6 Å². The molecule has 5 rings (SSSR count). The number of benzene rings is 1. The number of imidazole rings is 1. The zero-order valence-corrected chi connectivity index (χ0v) is 18.6. The predicted octanol–water partition coefficient (Wildman–Crippen LogP) is 4.24. The topological polar surface area (TPSA) is 86.3 Å². The molecule has 1 atom stereocenters. The molecule has 3 aromatic rings. The molecule has 0 amide bonds. The number of ether oxygens (including phenoxy) is 1. The fourth-order valence-electron chi connectivity index (χ4n) is 3.95. The number of fused-ring (bicyclic) bond motifs is 2. The lowest BCUT2D eigenvalue weighted by Crippen LogP contribution is -2.39. The summed E-state index contributed by atoms with van der Waals surface area (Å²) >= 11 is 1.73. The van der Waals surface area contributed by atoms with Crippen LogP contribution in [0.15, 0.2) is 30.5 Å². The van der Waals surface area contributed by atoms with Crippen molar-refractivity contribution >= 4 is 17.2 Å². The lowest BCUT2D eigenvalue weighted by Gasteiger charge is -2.34. The standard InChI is InChI=1S/C15H17FN2S.C6H7N3O3/c1-15(2)9-18(3)8-12-13(15)17-14(19-12)10-4-6-11(16)7-5-10;1-4-2-8-3-5(9(10)11)7-6(8)12-4/h4-7H,8-9H2,1-3H3;3-4H,2H2,1H3. The van der Waals surface area contributed by atoms with Crippen molar-refractivity contribution < 1.29 is 14.1 Å². The Bertz CT molecular complexity index is 1090. The third-order valence-electron chi connectivity index (χ3n) is 5.18. The zero-order valence-electron chi connectivity index (χ0n) is 17.8. The second kappa shape index (κ2) is 8.01. The van der Waals surface area contributed by atoms with Crippen LogP contribution in [0, 0.1) is 15.9 Å². The minimum atomic E-state index is -0.528. The van der Waals surface area contributed by atoms with Crippen LogP contribution < -0.4 is 4.74 Å². The van der Waals surface area contributed by atoms with Gasteiger partial charge in [0.25, 0.3) is 0 Å². The second-order valence-electron chi connectivity index (χ2n) is 8.57. The fraction of sp³-hybridized carbons (Fsp3) is 0.429. The molecular weight excluding hydrogens is 421 g/mol. The van der Waals surface area contributed by atoms with E-state index in [0.29, 0.717) is 12.6 Å². The Kier molecular flexibility index (Phi) is 5.52. The van der Waals surface area contributed by atoms with E-state index < -0.39 is 4.92 Å². The maximum absolute atomic E-state index is 13.0. The van der Waals surface area contributed by atoms with Crippen LogP contribution in [0.4, 0.5) is 10.2 Å². The molecular formula is C21H24FN5O3S. The van der Waals surface area contributed by atoms with Crippen LogP contribution in [-0.2, 0) is 18.5 Å². The van der Waals surface area contributed by atoms with Crippen molar-refractivity contribution in [2.24, 2.45) is 0 Å². The molecule has 2 aliphatic rings. The summed E-state index contributed by atoms with van der Waals surface area (Å²) in [5.41, 5.74) is 2.28. The maximum atomic E-state index is 13.0. The molecule has 0 fully saturated rings. The van der Waals surface area contributed by atoms with Crippen molar-refractivity contribution in [3.8, 4) is 16.6 Å². The first-order chi connectivity index (χ1) is 14.6. The lowest BCUT2D eigenvalue weighted by atomic mass is 9.85. The Hall–Kier alpha value is -2.85. The van der Waals surface area contributed by atoms with Gasteiger partial charge in [0.1, 0.15) is 23.1 Å². The summed E-state index contributed by atoms with van der Waals surface area (Å²) in [6, 6.07) is 6.93. The molecule has 0 saturated heterocycles. The molecule has 2 aliphatic heterocycles. The Balaban J connectivity index is 0.000000166. The fourth-order valence-corrected chi connectivity index (χ4v) is 5.27. The Labute approximate surface area is 183 Å². The van der Waals surface area contributed by atoms with Crippen LogP contribution in [0.1, 0.15) is 31.3 Å². The maximum Gasteiger partial charge on any atom is 0.414 e. The van der Waals surface area contributed by atoms with E-state index in [1.54, 1.807) is 28.0 Å². The van der Waals surface area contributed by atoms with E-state index in [1.165, 1.54) is 28.9 Å². The quantitative estimate of drug-likeness (QED) is 0.433. The lowest BCUT2D eigenvalue weighted by molar-refractivity contribution is -0.389. The van der Waals surface area contributed by atoms with Crippen LogP contribution >= 0.6 is 11.3 Å². The first-order valence-corrected chi connectivity index (χ1v) is 10.8. The smallest absolute Gasteiger partial charge is 0.414 e. The molecule has 8 nitrogen and oxygen atoms in total. The van der Waals surface area contributed by atoms with Gasteiger partial charge in [-0.15, -0.1) is 11.3 Å².